The molecule has 1 amide bonds. The zero-order chi connectivity index (χ0) is 14.7. The third-order valence-corrected chi connectivity index (χ3v) is 3.87. The summed E-state index contributed by atoms with van der Waals surface area (Å²) in [6.07, 6.45) is 3.04. The minimum Gasteiger partial charge on any atom is -0.481 e. The number of likely N-dealkylation sites (tertiary alicyclic amines) is 1. The molecule has 0 radical (unpaired) electrons. The van der Waals surface area contributed by atoms with Crippen molar-refractivity contribution in [3.8, 4) is 0 Å². The van der Waals surface area contributed by atoms with E-state index in [-0.39, 0.29) is 11.4 Å². The van der Waals surface area contributed by atoms with E-state index < -0.39 is 11.4 Å². The fourth-order valence-electron chi connectivity index (χ4n) is 2.64. The zero-order valence-corrected chi connectivity index (χ0v) is 12.2. The third kappa shape index (κ3) is 4.20. The molecule has 19 heavy (non-hydrogen) atoms. The molecule has 1 heterocycles. The Morgan fingerprint density at radius 1 is 1.42 bits per heavy atom. The minimum absolute atomic E-state index is 0.0257. The molecule has 1 rings (SSSR count). The van der Waals surface area contributed by atoms with Crippen molar-refractivity contribution in [2.24, 2.45) is 11.1 Å². The van der Waals surface area contributed by atoms with Crippen LogP contribution in [0.3, 0.4) is 0 Å². The van der Waals surface area contributed by atoms with Crippen molar-refractivity contribution >= 4 is 11.9 Å². The average molecular weight is 270 g/mol. The van der Waals surface area contributed by atoms with Gasteiger partial charge in [0.1, 0.15) is 0 Å². The smallest absolute Gasteiger partial charge is 0.311 e. The maximum absolute atomic E-state index is 12.1. The maximum Gasteiger partial charge on any atom is 0.311 e. The van der Waals surface area contributed by atoms with E-state index in [0.717, 1.165) is 6.42 Å². The van der Waals surface area contributed by atoms with Gasteiger partial charge >= 0.3 is 5.97 Å². The number of carboxylic acid groups (broad SMARTS) is 1. The van der Waals surface area contributed by atoms with Crippen molar-refractivity contribution in [2.75, 3.05) is 13.1 Å². The van der Waals surface area contributed by atoms with Crippen molar-refractivity contribution in [3.63, 3.8) is 0 Å². The van der Waals surface area contributed by atoms with E-state index in [4.69, 9.17) is 5.73 Å². The Labute approximate surface area is 115 Å². The van der Waals surface area contributed by atoms with E-state index in [1.54, 1.807) is 4.90 Å². The van der Waals surface area contributed by atoms with Crippen LogP contribution >= 0.6 is 0 Å². The first kappa shape index (κ1) is 16.0. The Bertz CT molecular complexity index is 349. The molecule has 1 unspecified atom stereocenters. The number of hydrogen-bond donors (Lipinski definition) is 2. The number of hydrogen-bond acceptors (Lipinski definition) is 3. The summed E-state index contributed by atoms with van der Waals surface area (Å²) in [4.78, 5) is 25.2. The van der Waals surface area contributed by atoms with Crippen molar-refractivity contribution in [3.05, 3.63) is 0 Å². The molecule has 1 aliphatic rings. The molecular formula is C14H26N2O3. The predicted molar refractivity (Wildman–Crippen MR) is 73.7 cm³/mol. The quantitative estimate of drug-likeness (QED) is 0.768. The zero-order valence-electron chi connectivity index (χ0n) is 12.2. The van der Waals surface area contributed by atoms with Crippen LogP contribution in [0, 0.1) is 5.41 Å². The monoisotopic (exact) mass is 270 g/mol. The lowest BCUT2D eigenvalue weighted by molar-refractivity contribution is -0.149. The molecular weight excluding hydrogens is 244 g/mol. The first-order valence-corrected chi connectivity index (χ1v) is 7.00. The van der Waals surface area contributed by atoms with Gasteiger partial charge in [-0.25, -0.2) is 0 Å². The van der Waals surface area contributed by atoms with E-state index in [1.807, 2.05) is 20.8 Å². The molecule has 0 aromatic rings. The van der Waals surface area contributed by atoms with Crippen LogP contribution in [0.25, 0.3) is 0 Å². The lowest BCUT2D eigenvalue weighted by Crippen LogP contribution is -2.38. The van der Waals surface area contributed by atoms with Gasteiger partial charge < -0.3 is 15.7 Å². The molecule has 0 spiro atoms. The van der Waals surface area contributed by atoms with Crippen LogP contribution in [-0.2, 0) is 9.59 Å². The highest BCUT2D eigenvalue weighted by molar-refractivity contribution is 5.80. The van der Waals surface area contributed by atoms with Crippen molar-refractivity contribution in [2.45, 2.75) is 58.4 Å². The van der Waals surface area contributed by atoms with Crippen molar-refractivity contribution < 1.29 is 14.7 Å². The number of amides is 1. The first-order valence-electron chi connectivity index (χ1n) is 7.00. The molecule has 110 valence electrons. The van der Waals surface area contributed by atoms with Crippen LogP contribution in [0.15, 0.2) is 0 Å². The van der Waals surface area contributed by atoms with E-state index in [1.165, 1.54) is 0 Å². The van der Waals surface area contributed by atoms with Crippen molar-refractivity contribution in [1.82, 2.24) is 4.90 Å². The van der Waals surface area contributed by atoms with Crippen LogP contribution in [0.5, 0.6) is 0 Å². The SMILES string of the molecule is CCCC1(C(=O)O)CCN(C(=O)CCC(C)(C)N)C1. The Balaban J connectivity index is 2.59. The van der Waals surface area contributed by atoms with E-state index in [2.05, 4.69) is 0 Å². The summed E-state index contributed by atoms with van der Waals surface area (Å²) in [6, 6.07) is 0. The first-order chi connectivity index (χ1) is 8.70. The summed E-state index contributed by atoms with van der Waals surface area (Å²) in [6.45, 7) is 6.66. The van der Waals surface area contributed by atoms with Crippen LogP contribution in [-0.4, -0.2) is 40.5 Å². The number of nitrogens with two attached hydrogens (primary N) is 1. The molecule has 0 bridgehead atoms. The summed E-state index contributed by atoms with van der Waals surface area (Å²) in [5.41, 5.74) is 4.77. The number of rotatable bonds is 6. The van der Waals surface area contributed by atoms with Gasteiger partial charge in [0.25, 0.3) is 0 Å². The van der Waals surface area contributed by atoms with Gasteiger partial charge in [0, 0.05) is 25.0 Å². The van der Waals surface area contributed by atoms with Gasteiger partial charge in [0.2, 0.25) is 5.91 Å². The number of aliphatic carboxylic acids is 1. The van der Waals surface area contributed by atoms with Crippen LogP contribution in [0.4, 0.5) is 0 Å². The fraction of sp³-hybridized carbons (Fsp3) is 0.857. The molecule has 5 nitrogen and oxygen atoms in total. The molecule has 3 N–H and O–H groups in total. The van der Waals surface area contributed by atoms with Gasteiger partial charge in [-0.1, -0.05) is 13.3 Å². The molecule has 0 aliphatic carbocycles. The second-order valence-electron chi connectivity index (χ2n) is 6.39. The van der Waals surface area contributed by atoms with Gasteiger partial charge in [0.05, 0.1) is 5.41 Å². The summed E-state index contributed by atoms with van der Waals surface area (Å²) < 4.78 is 0. The lowest BCUT2D eigenvalue weighted by atomic mass is 9.83. The molecule has 1 atom stereocenters. The Hall–Kier alpha value is -1.10. The van der Waals surface area contributed by atoms with E-state index >= 15 is 0 Å². The standard InChI is InChI=1S/C14H26N2O3/c1-4-6-14(12(18)19)8-9-16(10-14)11(17)5-7-13(2,3)15/h4-10,15H2,1-3H3,(H,18,19). The molecule has 1 saturated heterocycles. The lowest BCUT2D eigenvalue weighted by Gasteiger charge is -2.25. The predicted octanol–water partition coefficient (Wildman–Crippen LogP) is 1.61. The van der Waals surface area contributed by atoms with E-state index in [0.29, 0.717) is 38.8 Å². The van der Waals surface area contributed by atoms with Crippen LogP contribution < -0.4 is 5.73 Å². The number of carbonyl (C=O) groups excluding carboxylic acids is 1. The van der Waals surface area contributed by atoms with Crippen LogP contribution in [0.1, 0.15) is 52.9 Å². The number of carbonyl (C=O) groups is 2. The molecule has 1 fully saturated rings. The Morgan fingerprint density at radius 2 is 2.05 bits per heavy atom. The summed E-state index contributed by atoms with van der Waals surface area (Å²) in [7, 11) is 0. The normalized spacial score (nSPS) is 23.7. The molecule has 1 aliphatic heterocycles. The summed E-state index contributed by atoms with van der Waals surface area (Å²) in [5, 5.41) is 9.40. The van der Waals surface area contributed by atoms with Gasteiger partial charge in [-0.05, 0) is 33.1 Å². The fourth-order valence-corrected chi connectivity index (χ4v) is 2.64. The Morgan fingerprint density at radius 3 is 2.53 bits per heavy atom. The van der Waals surface area contributed by atoms with Gasteiger partial charge in [-0.3, -0.25) is 9.59 Å². The second kappa shape index (κ2) is 5.90. The van der Waals surface area contributed by atoms with Gasteiger partial charge in [-0.2, -0.15) is 0 Å². The summed E-state index contributed by atoms with van der Waals surface area (Å²) in [5.74, 6) is -0.749. The third-order valence-electron chi connectivity index (χ3n) is 3.87. The number of nitrogens with zero attached hydrogens (tertiary/aromatic N) is 1. The highest BCUT2D eigenvalue weighted by Crippen LogP contribution is 2.36. The molecule has 0 saturated carbocycles. The minimum atomic E-state index is -0.774. The number of carboxylic acids is 1. The average Bonchev–Trinajstić information content (AvgIpc) is 2.71. The molecule has 0 aromatic carbocycles. The largest absolute Gasteiger partial charge is 0.481 e. The maximum atomic E-state index is 12.1. The molecule has 0 aromatic heterocycles. The summed E-state index contributed by atoms with van der Waals surface area (Å²) >= 11 is 0. The highest BCUT2D eigenvalue weighted by atomic mass is 16.4. The van der Waals surface area contributed by atoms with Gasteiger partial charge in [-0.15, -0.1) is 0 Å². The molecule has 5 heteroatoms. The highest BCUT2D eigenvalue weighted by Gasteiger charge is 2.45. The topological polar surface area (TPSA) is 83.6 Å². The second-order valence-corrected chi connectivity index (χ2v) is 6.39. The van der Waals surface area contributed by atoms with Crippen molar-refractivity contribution in [1.29, 1.82) is 0 Å². The Kier molecular flexibility index (Phi) is 4.96. The van der Waals surface area contributed by atoms with Crippen LogP contribution in [0.2, 0.25) is 0 Å². The van der Waals surface area contributed by atoms with E-state index in [9.17, 15) is 14.7 Å². The van der Waals surface area contributed by atoms with Gasteiger partial charge in [0.15, 0.2) is 0 Å².